The van der Waals surface area contributed by atoms with Gasteiger partial charge in [-0.1, -0.05) is 6.92 Å². The van der Waals surface area contributed by atoms with Crippen LogP contribution in [0.1, 0.15) is 36.2 Å². The van der Waals surface area contributed by atoms with Gasteiger partial charge in [0.2, 0.25) is 5.91 Å². The van der Waals surface area contributed by atoms with Crippen LogP contribution < -0.4 is 16.0 Å². The number of benzene rings is 1. The minimum absolute atomic E-state index is 0.344. The summed E-state index contributed by atoms with van der Waals surface area (Å²) in [6.07, 6.45) is 3.62. The summed E-state index contributed by atoms with van der Waals surface area (Å²) in [5, 5.41) is 17.6. The molecular formula is C18H20N4O3. The Hall–Kier alpha value is -3.27. The van der Waals surface area contributed by atoms with Gasteiger partial charge in [-0.25, -0.2) is 0 Å². The van der Waals surface area contributed by atoms with Crippen molar-refractivity contribution in [2.45, 2.75) is 26.3 Å². The molecule has 2 rings (SSSR count). The predicted molar refractivity (Wildman–Crippen MR) is 94.2 cm³/mol. The Morgan fingerprint density at radius 1 is 1.28 bits per heavy atom. The molecule has 2 aromatic rings. The van der Waals surface area contributed by atoms with Crippen LogP contribution in [0.25, 0.3) is 0 Å². The van der Waals surface area contributed by atoms with Gasteiger partial charge in [0.15, 0.2) is 0 Å². The zero-order chi connectivity index (χ0) is 18.2. The minimum atomic E-state index is -0.757. The number of nitriles is 1. The summed E-state index contributed by atoms with van der Waals surface area (Å²) in [5.74, 6) is -0.780. The number of nitrogens with one attached hydrogen (secondary N) is 3. The molecule has 0 spiro atoms. The Labute approximate surface area is 146 Å². The maximum Gasteiger partial charge on any atom is 0.255 e. The first-order chi connectivity index (χ1) is 12.0. The Kier molecular flexibility index (Phi) is 6.18. The SMILES string of the molecule is CCCNc1ccc(C#N)cc1NC(=O)[C@@H](C)NC(=O)c1ccoc1. The highest BCUT2D eigenvalue weighted by atomic mass is 16.3. The van der Waals surface area contributed by atoms with Gasteiger partial charge in [0.1, 0.15) is 12.3 Å². The number of hydrogen-bond donors (Lipinski definition) is 3. The predicted octanol–water partition coefficient (Wildman–Crippen LogP) is 2.73. The van der Waals surface area contributed by atoms with Crippen LogP contribution in [0.2, 0.25) is 0 Å². The summed E-state index contributed by atoms with van der Waals surface area (Å²) >= 11 is 0. The standard InChI is InChI=1S/C18H20N4O3/c1-3-7-20-15-5-4-13(10-19)9-16(15)22-17(23)12(2)21-18(24)14-6-8-25-11-14/h4-6,8-9,11-12,20H,3,7H2,1-2H3,(H,21,24)(H,22,23)/t12-/m1/s1. The van der Waals surface area contributed by atoms with Crippen LogP contribution in [0.4, 0.5) is 11.4 Å². The van der Waals surface area contributed by atoms with Gasteiger partial charge in [0.05, 0.1) is 34.8 Å². The number of rotatable bonds is 7. The van der Waals surface area contributed by atoms with Gasteiger partial charge in [-0.05, 0) is 37.6 Å². The fraction of sp³-hybridized carbons (Fsp3) is 0.278. The van der Waals surface area contributed by atoms with Crippen molar-refractivity contribution in [3.63, 3.8) is 0 Å². The van der Waals surface area contributed by atoms with Crippen molar-refractivity contribution in [3.05, 3.63) is 47.9 Å². The number of amides is 2. The molecule has 3 N–H and O–H groups in total. The monoisotopic (exact) mass is 340 g/mol. The molecular weight excluding hydrogens is 320 g/mol. The molecule has 0 aliphatic carbocycles. The Balaban J connectivity index is 2.07. The fourth-order valence-corrected chi connectivity index (χ4v) is 2.11. The lowest BCUT2D eigenvalue weighted by Crippen LogP contribution is -2.41. The maximum atomic E-state index is 12.4. The molecule has 0 unspecified atom stereocenters. The molecule has 0 aliphatic rings. The van der Waals surface area contributed by atoms with Crippen molar-refractivity contribution in [2.75, 3.05) is 17.2 Å². The average Bonchev–Trinajstić information content (AvgIpc) is 3.15. The molecule has 0 fully saturated rings. The summed E-state index contributed by atoms with van der Waals surface area (Å²) in [5.41, 5.74) is 2.01. The molecule has 1 aromatic heterocycles. The second-order valence-corrected chi connectivity index (χ2v) is 5.50. The van der Waals surface area contributed by atoms with Gasteiger partial charge in [0.25, 0.3) is 5.91 Å². The average molecular weight is 340 g/mol. The van der Waals surface area contributed by atoms with Crippen LogP contribution in [0.5, 0.6) is 0 Å². The van der Waals surface area contributed by atoms with Crippen LogP contribution in [0.3, 0.4) is 0 Å². The second kappa shape index (κ2) is 8.55. The van der Waals surface area contributed by atoms with E-state index >= 15 is 0 Å². The Morgan fingerprint density at radius 2 is 2.08 bits per heavy atom. The zero-order valence-corrected chi connectivity index (χ0v) is 14.1. The molecule has 1 heterocycles. The first-order valence-corrected chi connectivity index (χ1v) is 7.97. The molecule has 0 saturated heterocycles. The fourth-order valence-electron chi connectivity index (χ4n) is 2.11. The smallest absolute Gasteiger partial charge is 0.255 e. The van der Waals surface area contributed by atoms with E-state index < -0.39 is 11.9 Å². The van der Waals surface area contributed by atoms with E-state index in [-0.39, 0.29) is 5.91 Å². The van der Waals surface area contributed by atoms with E-state index in [9.17, 15) is 9.59 Å². The molecule has 2 amide bonds. The number of hydrogen-bond acceptors (Lipinski definition) is 5. The Bertz CT molecular complexity index is 778. The quantitative estimate of drug-likeness (QED) is 0.718. The van der Waals surface area contributed by atoms with Crippen LogP contribution in [0, 0.1) is 11.3 Å². The summed E-state index contributed by atoms with van der Waals surface area (Å²) in [6.45, 7) is 4.35. The van der Waals surface area contributed by atoms with E-state index in [4.69, 9.17) is 9.68 Å². The third kappa shape index (κ3) is 4.85. The van der Waals surface area contributed by atoms with E-state index in [0.717, 1.165) is 18.7 Å². The largest absolute Gasteiger partial charge is 0.472 e. The van der Waals surface area contributed by atoms with Crippen molar-refractivity contribution in [1.82, 2.24) is 5.32 Å². The van der Waals surface area contributed by atoms with Gasteiger partial charge in [-0.2, -0.15) is 5.26 Å². The zero-order valence-electron chi connectivity index (χ0n) is 14.1. The van der Waals surface area contributed by atoms with Gasteiger partial charge >= 0.3 is 0 Å². The maximum absolute atomic E-state index is 12.4. The molecule has 130 valence electrons. The van der Waals surface area contributed by atoms with Crippen LogP contribution in [0.15, 0.2) is 41.2 Å². The highest BCUT2D eigenvalue weighted by Crippen LogP contribution is 2.23. The summed E-state index contributed by atoms with van der Waals surface area (Å²) < 4.78 is 4.85. The van der Waals surface area contributed by atoms with Crippen molar-refractivity contribution < 1.29 is 14.0 Å². The normalized spacial score (nSPS) is 11.2. The molecule has 0 radical (unpaired) electrons. The first-order valence-electron chi connectivity index (χ1n) is 7.97. The van der Waals surface area contributed by atoms with Crippen molar-refractivity contribution in [2.24, 2.45) is 0 Å². The number of nitrogens with zero attached hydrogens (tertiary/aromatic N) is 1. The van der Waals surface area contributed by atoms with E-state index in [2.05, 4.69) is 16.0 Å². The van der Waals surface area contributed by atoms with Crippen molar-refractivity contribution in [3.8, 4) is 6.07 Å². The molecule has 25 heavy (non-hydrogen) atoms. The molecule has 7 nitrogen and oxygen atoms in total. The Morgan fingerprint density at radius 3 is 2.72 bits per heavy atom. The molecule has 0 aliphatic heterocycles. The van der Waals surface area contributed by atoms with Crippen LogP contribution in [-0.4, -0.2) is 24.4 Å². The molecule has 1 atom stereocenters. The van der Waals surface area contributed by atoms with Crippen molar-refractivity contribution >= 4 is 23.2 Å². The molecule has 7 heteroatoms. The highest BCUT2D eigenvalue weighted by Gasteiger charge is 2.18. The lowest BCUT2D eigenvalue weighted by molar-refractivity contribution is -0.117. The number of carbonyl (C=O) groups is 2. The second-order valence-electron chi connectivity index (χ2n) is 5.50. The van der Waals surface area contributed by atoms with Crippen LogP contribution >= 0.6 is 0 Å². The third-order valence-electron chi connectivity index (χ3n) is 3.50. The number of carbonyl (C=O) groups excluding carboxylic acids is 2. The highest BCUT2D eigenvalue weighted by molar-refractivity contribution is 6.02. The summed E-state index contributed by atoms with van der Waals surface area (Å²) in [7, 11) is 0. The van der Waals surface area contributed by atoms with Gasteiger partial charge in [-0.15, -0.1) is 0 Å². The lowest BCUT2D eigenvalue weighted by Gasteiger charge is -2.17. The number of anilines is 2. The van der Waals surface area contributed by atoms with Gasteiger partial charge in [0, 0.05) is 6.54 Å². The van der Waals surface area contributed by atoms with Crippen molar-refractivity contribution in [1.29, 1.82) is 5.26 Å². The number of furan rings is 1. The molecule has 0 bridgehead atoms. The van der Waals surface area contributed by atoms with Gasteiger partial charge < -0.3 is 20.4 Å². The third-order valence-corrected chi connectivity index (χ3v) is 3.50. The van der Waals surface area contributed by atoms with E-state index in [1.54, 1.807) is 25.1 Å². The van der Waals surface area contributed by atoms with E-state index in [0.29, 0.717) is 16.8 Å². The topological polar surface area (TPSA) is 107 Å². The summed E-state index contributed by atoms with van der Waals surface area (Å²) in [4.78, 5) is 24.4. The lowest BCUT2D eigenvalue weighted by atomic mass is 10.1. The minimum Gasteiger partial charge on any atom is -0.472 e. The van der Waals surface area contributed by atoms with E-state index in [1.165, 1.54) is 18.6 Å². The van der Waals surface area contributed by atoms with Crippen LogP contribution in [-0.2, 0) is 4.79 Å². The first kappa shape index (κ1) is 18.1. The molecule has 1 aromatic carbocycles. The van der Waals surface area contributed by atoms with E-state index in [1.807, 2.05) is 13.0 Å². The summed E-state index contributed by atoms with van der Waals surface area (Å²) in [6, 6.07) is 7.83. The van der Waals surface area contributed by atoms with Gasteiger partial charge in [-0.3, -0.25) is 9.59 Å². The molecule has 0 saturated carbocycles.